The summed E-state index contributed by atoms with van der Waals surface area (Å²) in [5, 5.41) is 0. The molecule has 1 aromatic rings. The summed E-state index contributed by atoms with van der Waals surface area (Å²) < 4.78 is 31.5. The number of carbonyl (C=O) groups excluding carboxylic acids is 1. The van der Waals surface area contributed by atoms with Gasteiger partial charge in [-0.25, -0.2) is 8.78 Å². The van der Waals surface area contributed by atoms with Crippen molar-refractivity contribution in [2.24, 2.45) is 0 Å². The molecule has 0 radical (unpaired) electrons. The maximum atomic E-state index is 13.5. The summed E-state index contributed by atoms with van der Waals surface area (Å²) in [6, 6.07) is 0.981. The number of carbonyl (C=O) groups is 1. The zero-order valence-electron chi connectivity index (χ0n) is 8.32. The molecule has 0 spiro atoms. The van der Waals surface area contributed by atoms with Crippen LogP contribution in [0, 0.1) is 11.6 Å². The van der Waals surface area contributed by atoms with E-state index in [-0.39, 0.29) is 27.5 Å². The highest BCUT2D eigenvalue weighted by atomic mass is 79.9. The van der Waals surface area contributed by atoms with E-state index in [1.165, 1.54) is 0 Å². The fourth-order valence-electron chi connectivity index (χ4n) is 1.12. The Morgan fingerprint density at radius 3 is 2.62 bits per heavy atom. The van der Waals surface area contributed by atoms with Gasteiger partial charge in [0, 0.05) is 5.56 Å². The predicted octanol–water partition coefficient (Wildman–Crippen LogP) is 3.60. The second kappa shape index (κ2) is 5.72. The van der Waals surface area contributed by atoms with Crippen molar-refractivity contribution >= 4 is 37.8 Å². The monoisotopic (exact) mass is 356 g/mol. The minimum Gasteiger partial charge on any atom is -0.466 e. The van der Waals surface area contributed by atoms with Gasteiger partial charge in [-0.15, -0.1) is 0 Å². The van der Waals surface area contributed by atoms with E-state index in [0.29, 0.717) is 0 Å². The maximum Gasteiger partial charge on any atom is 0.310 e. The Hall–Kier alpha value is -0.490. The molecule has 6 heteroatoms. The van der Waals surface area contributed by atoms with Crippen LogP contribution in [0.2, 0.25) is 0 Å². The SMILES string of the molecule is CCOC(=O)Cc1c(F)cc(Br)c(F)c1Br. The molecular weight excluding hydrogens is 350 g/mol. The molecule has 0 heterocycles. The molecule has 0 amide bonds. The van der Waals surface area contributed by atoms with Crippen molar-refractivity contribution in [1.29, 1.82) is 0 Å². The number of hydrogen-bond acceptors (Lipinski definition) is 2. The van der Waals surface area contributed by atoms with Crippen molar-refractivity contribution in [3.8, 4) is 0 Å². The Bertz CT molecular complexity index is 422. The minimum atomic E-state index is -0.659. The van der Waals surface area contributed by atoms with Crippen molar-refractivity contribution < 1.29 is 18.3 Å². The molecule has 0 aliphatic heterocycles. The second-order valence-corrected chi connectivity index (χ2v) is 4.58. The average molecular weight is 358 g/mol. The molecule has 0 N–H and O–H groups in total. The Morgan fingerprint density at radius 1 is 1.44 bits per heavy atom. The topological polar surface area (TPSA) is 26.3 Å². The van der Waals surface area contributed by atoms with Gasteiger partial charge in [-0.3, -0.25) is 4.79 Å². The lowest BCUT2D eigenvalue weighted by atomic mass is 10.1. The van der Waals surface area contributed by atoms with E-state index in [9.17, 15) is 13.6 Å². The van der Waals surface area contributed by atoms with Gasteiger partial charge in [0.15, 0.2) is 5.82 Å². The first-order valence-corrected chi connectivity index (χ1v) is 6.03. The van der Waals surface area contributed by atoms with Crippen LogP contribution >= 0.6 is 31.9 Å². The maximum absolute atomic E-state index is 13.5. The highest BCUT2D eigenvalue weighted by Crippen LogP contribution is 2.30. The van der Waals surface area contributed by atoms with Crippen LogP contribution < -0.4 is 0 Å². The van der Waals surface area contributed by atoms with Crippen LogP contribution in [0.4, 0.5) is 8.78 Å². The lowest BCUT2D eigenvalue weighted by Crippen LogP contribution is -2.10. The van der Waals surface area contributed by atoms with E-state index in [2.05, 4.69) is 36.6 Å². The smallest absolute Gasteiger partial charge is 0.310 e. The fourth-order valence-corrected chi connectivity index (χ4v) is 2.33. The number of ether oxygens (including phenoxy) is 1. The Morgan fingerprint density at radius 2 is 2.06 bits per heavy atom. The summed E-state index contributed by atoms with van der Waals surface area (Å²) in [7, 11) is 0. The van der Waals surface area contributed by atoms with Gasteiger partial charge in [-0.1, -0.05) is 0 Å². The molecule has 0 unspecified atom stereocenters. The summed E-state index contributed by atoms with van der Waals surface area (Å²) in [6.07, 6.45) is -0.301. The molecule has 0 aliphatic rings. The minimum absolute atomic E-state index is 0.00415. The van der Waals surface area contributed by atoms with E-state index in [0.717, 1.165) is 6.07 Å². The van der Waals surface area contributed by atoms with Gasteiger partial charge in [0.25, 0.3) is 0 Å². The number of hydrogen-bond donors (Lipinski definition) is 0. The molecule has 2 nitrogen and oxygen atoms in total. The van der Waals surface area contributed by atoms with Crippen molar-refractivity contribution in [3.63, 3.8) is 0 Å². The molecular formula is C10H8Br2F2O2. The van der Waals surface area contributed by atoms with E-state index in [4.69, 9.17) is 0 Å². The van der Waals surface area contributed by atoms with E-state index in [1.54, 1.807) is 6.92 Å². The Kier molecular flexibility index (Phi) is 4.86. The molecule has 0 saturated heterocycles. The first-order chi connectivity index (χ1) is 7.47. The zero-order valence-corrected chi connectivity index (χ0v) is 11.5. The Labute approximate surface area is 108 Å². The summed E-state index contributed by atoms with van der Waals surface area (Å²) in [5.41, 5.74) is -0.0425. The van der Waals surface area contributed by atoms with Gasteiger partial charge in [0.05, 0.1) is 22.0 Å². The van der Waals surface area contributed by atoms with Crippen molar-refractivity contribution in [2.45, 2.75) is 13.3 Å². The van der Waals surface area contributed by atoms with Crippen molar-refractivity contribution in [1.82, 2.24) is 0 Å². The summed E-state index contributed by atoms with van der Waals surface area (Å²) in [6.45, 7) is 1.85. The molecule has 0 aliphatic carbocycles. The highest BCUT2D eigenvalue weighted by molar-refractivity contribution is 9.11. The lowest BCUT2D eigenvalue weighted by molar-refractivity contribution is -0.142. The van der Waals surface area contributed by atoms with Crippen molar-refractivity contribution in [2.75, 3.05) is 6.61 Å². The van der Waals surface area contributed by atoms with Crippen LogP contribution in [0.1, 0.15) is 12.5 Å². The molecule has 16 heavy (non-hydrogen) atoms. The van der Waals surface area contributed by atoms with Crippen LogP contribution in [0.25, 0.3) is 0 Å². The predicted molar refractivity (Wildman–Crippen MR) is 62.1 cm³/mol. The standard InChI is InChI=1S/C10H8Br2F2O2/c1-2-16-8(15)3-5-7(13)4-6(11)10(14)9(5)12/h4H,2-3H2,1H3. The number of benzene rings is 1. The number of esters is 1. The van der Waals surface area contributed by atoms with Crippen LogP contribution in [-0.2, 0) is 16.0 Å². The molecule has 0 bridgehead atoms. The third kappa shape index (κ3) is 3.01. The number of rotatable bonds is 3. The molecule has 88 valence electrons. The molecule has 0 aromatic heterocycles. The molecule has 1 rings (SSSR count). The molecule has 0 saturated carbocycles. The van der Waals surface area contributed by atoms with Crippen LogP contribution in [-0.4, -0.2) is 12.6 Å². The van der Waals surface area contributed by atoms with Crippen molar-refractivity contribution in [3.05, 3.63) is 32.2 Å². The number of halogens is 4. The van der Waals surface area contributed by atoms with E-state index >= 15 is 0 Å². The lowest BCUT2D eigenvalue weighted by Gasteiger charge is -2.08. The zero-order chi connectivity index (χ0) is 12.3. The third-order valence-corrected chi connectivity index (χ3v) is 3.24. The van der Waals surface area contributed by atoms with Gasteiger partial charge in [-0.2, -0.15) is 0 Å². The van der Waals surface area contributed by atoms with Crippen LogP contribution in [0.5, 0.6) is 0 Å². The summed E-state index contributed by atoms with van der Waals surface area (Å²) in [5.74, 6) is -1.89. The largest absolute Gasteiger partial charge is 0.466 e. The summed E-state index contributed by atoms with van der Waals surface area (Å²) in [4.78, 5) is 11.2. The fraction of sp³-hybridized carbons (Fsp3) is 0.300. The van der Waals surface area contributed by atoms with E-state index < -0.39 is 17.6 Å². The van der Waals surface area contributed by atoms with Gasteiger partial charge >= 0.3 is 5.97 Å². The van der Waals surface area contributed by atoms with Gasteiger partial charge in [-0.05, 0) is 44.8 Å². The Balaban J connectivity index is 3.05. The van der Waals surface area contributed by atoms with E-state index in [1.807, 2.05) is 0 Å². The quantitative estimate of drug-likeness (QED) is 0.469. The molecule has 1 aromatic carbocycles. The first kappa shape index (κ1) is 13.6. The highest BCUT2D eigenvalue weighted by Gasteiger charge is 2.18. The normalized spacial score (nSPS) is 10.3. The van der Waals surface area contributed by atoms with Gasteiger partial charge in [0.1, 0.15) is 5.82 Å². The van der Waals surface area contributed by atoms with Crippen LogP contribution in [0.3, 0.4) is 0 Å². The summed E-state index contributed by atoms with van der Waals surface area (Å²) >= 11 is 5.78. The average Bonchev–Trinajstić information content (AvgIpc) is 2.22. The second-order valence-electron chi connectivity index (χ2n) is 2.93. The third-order valence-electron chi connectivity index (χ3n) is 1.84. The van der Waals surface area contributed by atoms with Gasteiger partial charge in [0.2, 0.25) is 0 Å². The molecule has 0 atom stereocenters. The first-order valence-electron chi connectivity index (χ1n) is 4.44. The van der Waals surface area contributed by atoms with Gasteiger partial charge < -0.3 is 4.74 Å². The van der Waals surface area contributed by atoms with Crippen LogP contribution in [0.15, 0.2) is 15.0 Å². The molecule has 0 fully saturated rings.